The van der Waals surface area contributed by atoms with E-state index >= 15 is 0 Å². The predicted octanol–water partition coefficient (Wildman–Crippen LogP) is 2.89. The summed E-state index contributed by atoms with van der Waals surface area (Å²) >= 11 is 0. The largest absolute Gasteiger partial charge is 0.507 e. The summed E-state index contributed by atoms with van der Waals surface area (Å²) in [6.45, 7) is 3.63. The molecule has 10 heteroatoms. The number of Topliss-reactive ketones (excluding diaryl/α,β-unsaturated/α-hetero) is 1. The van der Waals surface area contributed by atoms with Gasteiger partial charge in [0.05, 0.1) is 46.2 Å². The number of methoxy groups -OCH3 is 3. The van der Waals surface area contributed by atoms with E-state index in [-0.39, 0.29) is 23.7 Å². The summed E-state index contributed by atoms with van der Waals surface area (Å²) in [5.41, 5.74) is 0.973. The average Bonchev–Trinajstić information content (AvgIpc) is 3.16. The van der Waals surface area contributed by atoms with E-state index in [2.05, 4.69) is 4.90 Å². The molecule has 0 aliphatic carbocycles. The van der Waals surface area contributed by atoms with E-state index in [1.165, 1.54) is 19.1 Å². The van der Waals surface area contributed by atoms with E-state index in [1.54, 1.807) is 49.6 Å². The number of hydrogen-bond donors (Lipinski definition) is 1. The number of benzene rings is 2. The minimum Gasteiger partial charge on any atom is -0.507 e. The van der Waals surface area contributed by atoms with Gasteiger partial charge in [-0.2, -0.15) is 0 Å². The molecule has 1 unspecified atom stereocenters. The van der Waals surface area contributed by atoms with E-state index in [0.29, 0.717) is 54.7 Å². The molecular formula is C26H31ClN2O7. The van der Waals surface area contributed by atoms with E-state index in [1.807, 2.05) is 0 Å². The van der Waals surface area contributed by atoms with Crippen LogP contribution in [0.25, 0.3) is 5.76 Å². The van der Waals surface area contributed by atoms with Crippen molar-refractivity contribution >= 4 is 29.9 Å². The van der Waals surface area contributed by atoms with Gasteiger partial charge in [-0.25, -0.2) is 0 Å². The van der Waals surface area contributed by atoms with E-state index in [9.17, 15) is 14.7 Å². The number of aliphatic hydroxyl groups is 1. The summed E-state index contributed by atoms with van der Waals surface area (Å²) in [4.78, 5) is 30.3. The molecule has 1 N–H and O–H groups in total. The summed E-state index contributed by atoms with van der Waals surface area (Å²) in [6, 6.07) is 11.1. The van der Waals surface area contributed by atoms with Crippen molar-refractivity contribution in [2.75, 3.05) is 60.7 Å². The Bertz CT molecular complexity index is 1110. The Kier molecular flexibility index (Phi) is 9.19. The van der Waals surface area contributed by atoms with E-state index in [4.69, 9.17) is 18.9 Å². The number of amides is 1. The number of morpholine rings is 1. The number of ketones is 1. The lowest BCUT2D eigenvalue weighted by Gasteiger charge is -2.31. The standard InChI is InChI=1S/C26H30N2O7.ClH/c1-32-18-9-7-17(8-10-18)23(29)21-22(19-5-4-6-20(33-2)25(19)34-3)28(26(31)24(21)30)12-11-27-13-15-35-16-14-27;/h4-10,22,29H,11-16H2,1-3H3;1H. The molecule has 4 rings (SSSR count). The number of halogens is 1. The number of rotatable bonds is 8. The highest BCUT2D eigenvalue weighted by Gasteiger charge is 2.47. The molecule has 1 amide bonds. The fraction of sp³-hybridized carbons (Fsp3) is 0.385. The molecule has 9 nitrogen and oxygen atoms in total. The van der Waals surface area contributed by atoms with Crippen molar-refractivity contribution in [3.8, 4) is 17.2 Å². The second-order valence-corrected chi connectivity index (χ2v) is 8.26. The van der Waals surface area contributed by atoms with Crippen molar-refractivity contribution in [3.63, 3.8) is 0 Å². The Balaban J connectivity index is 0.00000361. The molecule has 36 heavy (non-hydrogen) atoms. The molecule has 2 aliphatic rings. The summed E-state index contributed by atoms with van der Waals surface area (Å²) in [5, 5.41) is 11.3. The third kappa shape index (κ3) is 5.28. The third-order valence-electron chi connectivity index (χ3n) is 6.39. The van der Waals surface area contributed by atoms with Gasteiger partial charge in [0, 0.05) is 37.3 Å². The summed E-state index contributed by atoms with van der Waals surface area (Å²) < 4.78 is 21.7. The first-order valence-electron chi connectivity index (χ1n) is 11.4. The van der Waals surface area contributed by atoms with Gasteiger partial charge in [0.25, 0.3) is 11.7 Å². The zero-order chi connectivity index (χ0) is 24.9. The van der Waals surface area contributed by atoms with Gasteiger partial charge in [0.1, 0.15) is 11.5 Å². The van der Waals surface area contributed by atoms with Crippen LogP contribution in [0, 0.1) is 0 Å². The van der Waals surface area contributed by atoms with Crippen LogP contribution in [0.1, 0.15) is 17.2 Å². The van der Waals surface area contributed by atoms with Gasteiger partial charge in [0.15, 0.2) is 11.5 Å². The lowest BCUT2D eigenvalue weighted by atomic mass is 9.94. The molecule has 0 spiro atoms. The quantitative estimate of drug-likeness (QED) is 0.324. The molecular weight excluding hydrogens is 488 g/mol. The van der Waals surface area contributed by atoms with Gasteiger partial charge >= 0.3 is 0 Å². The topological polar surface area (TPSA) is 97.8 Å². The highest BCUT2D eigenvalue weighted by Crippen LogP contribution is 2.45. The number of para-hydroxylation sites is 1. The molecule has 1 atom stereocenters. The van der Waals surface area contributed by atoms with Gasteiger partial charge < -0.3 is 29.0 Å². The number of nitrogens with zero attached hydrogens (tertiary/aromatic N) is 2. The third-order valence-corrected chi connectivity index (χ3v) is 6.39. The first-order chi connectivity index (χ1) is 17.0. The Morgan fingerprint density at radius 3 is 2.28 bits per heavy atom. The van der Waals surface area contributed by atoms with Crippen LogP contribution in [-0.2, 0) is 14.3 Å². The molecule has 2 saturated heterocycles. The molecule has 2 heterocycles. The molecule has 0 aromatic heterocycles. The van der Waals surface area contributed by atoms with Crippen LogP contribution >= 0.6 is 12.4 Å². The van der Waals surface area contributed by atoms with Crippen LogP contribution in [0.15, 0.2) is 48.0 Å². The highest BCUT2D eigenvalue weighted by molar-refractivity contribution is 6.46. The molecule has 0 saturated carbocycles. The molecule has 2 fully saturated rings. The maximum absolute atomic E-state index is 13.3. The number of carbonyl (C=O) groups excluding carboxylic acids is 2. The van der Waals surface area contributed by atoms with Gasteiger partial charge in [-0.05, 0) is 30.3 Å². The lowest BCUT2D eigenvalue weighted by Crippen LogP contribution is -2.42. The Hall–Kier alpha value is -3.27. The van der Waals surface area contributed by atoms with Gasteiger partial charge in [-0.1, -0.05) is 12.1 Å². The molecule has 0 radical (unpaired) electrons. The average molecular weight is 519 g/mol. The van der Waals surface area contributed by atoms with Crippen molar-refractivity contribution in [2.24, 2.45) is 0 Å². The van der Waals surface area contributed by atoms with Crippen LogP contribution in [0.2, 0.25) is 0 Å². The van der Waals surface area contributed by atoms with Crippen molar-refractivity contribution < 1.29 is 33.6 Å². The first kappa shape index (κ1) is 27.3. The Labute approximate surface area is 216 Å². The van der Waals surface area contributed by atoms with Crippen LogP contribution in [-0.4, -0.2) is 87.3 Å². The van der Waals surface area contributed by atoms with Crippen molar-refractivity contribution in [1.82, 2.24) is 9.80 Å². The minimum absolute atomic E-state index is 0. The second kappa shape index (κ2) is 12.1. The number of likely N-dealkylation sites (tertiary alicyclic amines) is 1. The predicted molar refractivity (Wildman–Crippen MR) is 136 cm³/mol. The molecule has 194 valence electrons. The van der Waals surface area contributed by atoms with E-state index < -0.39 is 17.7 Å². The van der Waals surface area contributed by atoms with Crippen LogP contribution in [0.4, 0.5) is 0 Å². The van der Waals surface area contributed by atoms with Crippen LogP contribution in [0.3, 0.4) is 0 Å². The smallest absolute Gasteiger partial charge is 0.295 e. The Morgan fingerprint density at radius 2 is 1.67 bits per heavy atom. The fourth-order valence-corrected chi connectivity index (χ4v) is 4.54. The zero-order valence-electron chi connectivity index (χ0n) is 20.6. The number of ether oxygens (including phenoxy) is 4. The number of aliphatic hydroxyl groups excluding tert-OH is 1. The highest BCUT2D eigenvalue weighted by atomic mass is 35.5. The van der Waals surface area contributed by atoms with Crippen LogP contribution in [0.5, 0.6) is 17.2 Å². The SMILES string of the molecule is COc1ccc(C(O)=C2C(=O)C(=O)N(CCN3CCOCC3)C2c2cccc(OC)c2OC)cc1.Cl. The lowest BCUT2D eigenvalue weighted by molar-refractivity contribution is -0.140. The van der Waals surface area contributed by atoms with E-state index in [0.717, 1.165) is 13.1 Å². The minimum atomic E-state index is -0.844. The van der Waals surface area contributed by atoms with Crippen molar-refractivity contribution in [2.45, 2.75) is 6.04 Å². The van der Waals surface area contributed by atoms with Gasteiger partial charge in [-0.3, -0.25) is 14.5 Å². The van der Waals surface area contributed by atoms with Gasteiger partial charge in [-0.15, -0.1) is 12.4 Å². The fourth-order valence-electron chi connectivity index (χ4n) is 4.54. The molecule has 2 aromatic carbocycles. The maximum Gasteiger partial charge on any atom is 0.295 e. The summed E-state index contributed by atoms with van der Waals surface area (Å²) in [6.07, 6.45) is 0. The summed E-state index contributed by atoms with van der Waals surface area (Å²) in [7, 11) is 4.57. The van der Waals surface area contributed by atoms with Gasteiger partial charge in [0.2, 0.25) is 0 Å². The first-order valence-corrected chi connectivity index (χ1v) is 11.4. The number of hydrogen-bond acceptors (Lipinski definition) is 8. The molecule has 2 aromatic rings. The van der Waals surface area contributed by atoms with Crippen LogP contribution < -0.4 is 14.2 Å². The Morgan fingerprint density at radius 1 is 0.972 bits per heavy atom. The summed E-state index contributed by atoms with van der Waals surface area (Å²) in [5.74, 6) is -0.182. The van der Waals surface area contributed by atoms with Crippen molar-refractivity contribution in [1.29, 1.82) is 0 Å². The normalized spacial score (nSPS) is 19.6. The monoisotopic (exact) mass is 518 g/mol. The number of carbonyl (C=O) groups is 2. The molecule has 2 aliphatic heterocycles. The molecule has 0 bridgehead atoms. The second-order valence-electron chi connectivity index (χ2n) is 8.26. The zero-order valence-corrected chi connectivity index (χ0v) is 21.4. The van der Waals surface area contributed by atoms with Crippen molar-refractivity contribution in [3.05, 3.63) is 59.2 Å². The maximum atomic E-state index is 13.3.